The number of sulfonamides is 1. The molecule has 1 saturated heterocycles. The van der Waals surface area contributed by atoms with Crippen LogP contribution in [0.1, 0.15) is 48.3 Å². The first-order chi connectivity index (χ1) is 13.0. The number of nitrogens with one attached hydrogen (secondary N) is 1. The molecule has 2 aromatic rings. The predicted octanol–water partition coefficient (Wildman–Crippen LogP) is 1.78. The van der Waals surface area contributed by atoms with Gasteiger partial charge >= 0.3 is 0 Å². The molecule has 8 nitrogen and oxygen atoms in total. The van der Waals surface area contributed by atoms with E-state index in [1.54, 1.807) is 0 Å². The van der Waals surface area contributed by atoms with Crippen LogP contribution in [0.15, 0.2) is 22.6 Å². The average molecular weight is 394 g/mol. The Morgan fingerprint density at radius 3 is 2.96 bits per heavy atom. The third-order valence-electron chi connectivity index (χ3n) is 5.00. The highest BCUT2D eigenvalue weighted by Gasteiger charge is 2.22. The van der Waals surface area contributed by atoms with E-state index in [4.69, 9.17) is 9.15 Å². The van der Waals surface area contributed by atoms with Gasteiger partial charge in [0, 0.05) is 19.7 Å². The van der Waals surface area contributed by atoms with Gasteiger partial charge in [-0.15, -0.1) is 0 Å². The molecule has 2 aliphatic rings. The van der Waals surface area contributed by atoms with E-state index in [0.717, 1.165) is 74.8 Å². The van der Waals surface area contributed by atoms with E-state index < -0.39 is 10.0 Å². The van der Waals surface area contributed by atoms with Crippen molar-refractivity contribution in [2.24, 2.45) is 0 Å². The quantitative estimate of drug-likeness (QED) is 0.803. The molecular formula is C18H26N4O4S. The molecule has 2 aliphatic heterocycles. The summed E-state index contributed by atoms with van der Waals surface area (Å²) in [6.07, 6.45) is 4.60. The summed E-state index contributed by atoms with van der Waals surface area (Å²) in [7, 11) is -3.21. The van der Waals surface area contributed by atoms with Gasteiger partial charge in [-0.1, -0.05) is 0 Å². The van der Waals surface area contributed by atoms with Crippen LogP contribution in [0.25, 0.3) is 0 Å². The molecule has 1 atom stereocenters. The second-order valence-electron chi connectivity index (χ2n) is 7.31. The van der Waals surface area contributed by atoms with E-state index in [9.17, 15) is 8.42 Å². The van der Waals surface area contributed by atoms with Crippen LogP contribution >= 0.6 is 0 Å². The molecule has 9 heteroatoms. The predicted molar refractivity (Wildman–Crippen MR) is 99.3 cm³/mol. The molecule has 0 amide bonds. The van der Waals surface area contributed by atoms with Gasteiger partial charge in [0.25, 0.3) is 0 Å². The van der Waals surface area contributed by atoms with E-state index in [-0.39, 0.29) is 12.6 Å². The number of fused-ring (bicyclic) bond motifs is 1. The van der Waals surface area contributed by atoms with E-state index in [1.807, 2.05) is 22.9 Å². The summed E-state index contributed by atoms with van der Waals surface area (Å²) in [5.74, 6) is 1.88. The fourth-order valence-corrected chi connectivity index (χ4v) is 4.05. The Balaban J connectivity index is 1.35. The van der Waals surface area contributed by atoms with E-state index in [0.29, 0.717) is 0 Å². The Hall–Kier alpha value is -1.68. The molecule has 1 fully saturated rings. The third kappa shape index (κ3) is 4.78. The van der Waals surface area contributed by atoms with Crippen molar-refractivity contribution in [2.45, 2.75) is 51.5 Å². The fraction of sp³-hybridized carbons (Fsp3) is 0.611. The van der Waals surface area contributed by atoms with Crippen LogP contribution in [0, 0.1) is 0 Å². The monoisotopic (exact) mass is 394 g/mol. The molecule has 0 unspecified atom stereocenters. The Bertz CT molecular complexity index is 883. The van der Waals surface area contributed by atoms with Gasteiger partial charge in [0.05, 0.1) is 37.3 Å². The molecule has 0 bridgehead atoms. The summed E-state index contributed by atoms with van der Waals surface area (Å²) < 4.78 is 38.8. The summed E-state index contributed by atoms with van der Waals surface area (Å²) in [6, 6.07) is 6.04. The average Bonchev–Trinajstić information content (AvgIpc) is 3.26. The van der Waals surface area contributed by atoms with Gasteiger partial charge in [-0.3, -0.25) is 9.58 Å². The molecule has 0 spiro atoms. The number of hydrogen-bond acceptors (Lipinski definition) is 6. The van der Waals surface area contributed by atoms with Crippen LogP contribution in [0.2, 0.25) is 0 Å². The van der Waals surface area contributed by atoms with Crippen LogP contribution in [0.3, 0.4) is 0 Å². The van der Waals surface area contributed by atoms with Crippen LogP contribution in [-0.2, 0) is 40.9 Å². The Labute approximate surface area is 159 Å². The molecule has 27 heavy (non-hydrogen) atoms. The van der Waals surface area contributed by atoms with E-state index in [1.165, 1.54) is 6.42 Å². The first-order valence-corrected chi connectivity index (χ1v) is 11.3. The highest BCUT2D eigenvalue weighted by Crippen LogP contribution is 2.29. The number of nitrogens with zero attached hydrogens (tertiary/aromatic N) is 3. The lowest BCUT2D eigenvalue weighted by molar-refractivity contribution is 0.000743. The minimum absolute atomic E-state index is 0.0974. The van der Waals surface area contributed by atoms with Crippen LogP contribution in [-0.4, -0.2) is 42.5 Å². The highest BCUT2D eigenvalue weighted by atomic mass is 32.2. The maximum Gasteiger partial charge on any atom is 0.209 e. The van der Waals surface area contributed by atoms with E-state index in [2.05, 4.69) is 14.7 Å². The van der Waals surface area contributed by atoms with Gasteiger partial charge in [-0.25, -0.2) is 13.1 Å². The Morgan fingerprint density at radius 1 is 1.30 bits per heavy atom. The van der Waals surface area contributed by atoms with Crippen molar-refractivity contribution in [2.75, 3.05) is 19.4 Å². The minimum Gasteiger partial charge on any atom is -0.462 e. The van der Waals surface area contributed by atoms with Gasteiger partial charge in [0.1, 0.15) is 17.6 Å². The Kier molecular flexibility index (Phi) is 5.36. The summed E-state index contributed by atoms with van der Waals surface area (Å²) >= 11 is 0. The molecule has 0 aromatic carbocycles. The maximum atomic E-state index is 11.2. The molecule has 0 radical (unpaired) electrons. The van der Waals surface area contributed by atoms with Crippen molar-refractivity contribution < 1.29 is 17.6 Å². The lowest BCUT2D eigenvalue weighted by Crippen LogP contribution is -2.33. The topological polar surface area (TPSA) is 89.6 Å². The molecule has 148 valence electrons. The normalized spacial score (nSPS) is 21.3. The molecule has 4 heterocycles. The largest absolute Gasteiger partial charge is 0.462 e. The number of aromatic nitrogens is 2. The van der Waals surface area contributed by atoms with Crippen LogP contribution in [0.4, 0.5) is 0 Å². The van der Waals surface area contributed by atoms with Crippen molar-refractivity contribution in [3.63, 3.8) is 0 Å². The van der Waals surface area contributed by atoms with Gasteiger partial charge in [0.15, 0.2) is 0 Å². The SMILES string of the molecule is CS(=O)(=O)NCc1cc2n(n1)CCN(Cc1ccc([C@@H]3CCCCO3)o1)C2. The molecule has 2 aromatic heterocycles. The van der Waals surface area contributed by atoms with Crippen molar-refractivity contribution in [1.29, 1.82) is 0 Å². The maximum absolute atomic E-state index is 11.2. The lowest BCUT2D eigenvalue weighted by atomic mass is 10.1. The van der Waals surface area contributed by atoms with Gasteiger partial charge in [-0.05, 0) is 37.5 Å². The number of rotatable bonds is 6. The molecule has 0 aliphatic carbocycles. The minimum atomic E-state index is -3.21. The first kappa shape index (κ1) is 18.7. The van der Waals surface area contributed by atoms with Crippen molar-refractivity contribution in [1.82, 2.24) is 19.4 Å². The zero-order valence-corrected chi connectivity index (χ0v) is 16.4. The van der Waals surface area contributed by atoms with Crippen LogP contribution < -0.4 is 4.72 Å². The number of ether oxygens (including phenoxy) is 1. The number of furan rings is 1. The van der Waals surface area contributed by atoms with Gasteiger partial charge < -0.3 is 9.15 Å². The second kappa shape index (κ2) is 7.75. The standard InChI is InChI=1S/C18H26N4O4S/c1-27(23,24)19-11-14-10-15-12-21(7-8-22(15)20-14)13-16-5-6-18(26-16)17-4-2-3-9-25-17/h5-6,10,17,19H,2-4,7-9,11-13H2,1H3/t17-/m0/s1. The summed E-state index contributed by atoms with van der Waals surface area (Å²) in [5, 5.41) is 4.48. The number of hydrogen-bond donors (Lipinski definition) is 1. The van der Waals surface area contributed by atoms with Crippen molar-refractivity contribution in [3.05, 3.63) is 41.1 Å². The first-order valence-electron chi connectivity index (χ1n) is 9.39. The smallest absolute Gasteiger partial charge is 0.209 e. The summed E-state index contributed by atoms with van der Waals surface area (Å²) in [4.78, 5) is 2.31. The highest BCUT2D eigenvalue weighted by molar-refractivity contribution is 7.88. The summed E-state index contributed by atoms with van der Waals surface area (Å²) in [5.41, 5.74) is 1.83. The third-order valence-corrected chi connectivity index (χ3v) is 5.67. The van der Waals surface area contributed by atoms with Gasteiger partial charge in [0.2, 0.25) is 10.0 Å². The molecule has 1 N–H and O–H groups in total. The second-order valence-corrected chi connectivity index (χ2v) is 9.15. The summed E-state index contributed by atoms with van der Waals surface area (Å²) in [6.45, 7) is 4.21. The Morgan fingerprint density at radius 2 is 2.19 bits per heavy atom. The zero-order valence-electron chi connectivity index (χ0n) is 15.6. The van der Waals surface area contributed by atoms with Crippen molar-refractivity contribution in [3.8, 4) is 0 Å². The van der Waals surface area contributed by atoms with E-state index >= 15 is 0 Å². The molecular weight excluding hydrogens is 368 g/mol. The van der Waals surface area contributed by atoms with Gasteiger partial charge in [-0.2, -0.15) is 5.10 Å². The fourth-order valence-electron chi connectivity index (χ4n) is 3.64. The lowest BCUT2D eigenvalue weighted by Gasteiger charge is -2.26. The molecule has 4 rings (SSSR count). The van der Waals surface area contributed by atoms with Crippen molar-refractivity contribution >= 4 is 10.0 Å². The molecule has 0 saturated carbocycles. The van der Waals surface area contributed by atoms with Crippen LogP contribution in [0.5, 0.6) is 0 Å². The zero-order chi connectivity index (χ0) is 18.9.